The fourth-order valence-corrected chi connectivity index (χ4v) is 0.984. The molecule has 1 rings (SSSR count). The van der Waals surface area contributed by atoms with Crippen molar-refractivity contribution >= 4 is 6.09 Å². The summed E-state index contributed by atoms with van der Waals surface area (Å²) < 4.78 is 4.81. The van der Waals surface area contributed by atoms with Crippen molar-refractivity contribution in [1.29, 1.82) is 0 Å². The van der Waals surface area contributed by atoms with Crippen LogP contribution in [0.1, 0.15) is 13.3 Å². The molecule has 0 saturated carbocycles. The Bertz CT molecular complexity index is 177. The Kier molecular flexibility index (Phi) is 2.52. The fourth-order valence-electron chi connectivity index (χ4n) is 0.984. The van der Waals surface area contributed by atoms with Gasteiger partial charge < -0.3 is 9.64 Å². The Hall–Kier alpha value is -0.990. The lowest BCUT2D eigenvalue weighted by Crippen LogP contribution is -2.27. The van der Waals surface area contributed by atoms with Crippen LogP contribution < -0.4 is 0 Å². The molecule has 0 aromatic heterocycles. The van der Waals surface area contributed by atoms with Crippen LogP contribution >= 0.6 is 0 Å². The average molecular weight is 155 g/mol. The zero-order valence-electron chi connectivity index (χ0n) is 6.91. The Morgan fingerprint density at radius 3 is 3.00 bits per heavy atom. The molecule has 1 aliphatic rings. The SMILES string of the molecule is CC/C=C/C1COC(=O)N1C. The molecule has 0 aliphatic carbocycles. The predicted octanol–water partition coefficient (Wildman–Crippen LogP) is 1.40. The highest BCUT2D eigenvalue weighted by atomic mass is 16.6. The Labute approximate surface area is 66.6 Å². The minimum absolute atomic E-state index is 0.141. The number of likely N-dealkylation sites (N-methyl/N-ethyl adjacent to an activating group) is 1. The van der Waals surface area contributed by atoms with Gasteiger partial charge in [-0.1, -0.05) is 19.1 Å². The van der Waals surface area contributed by atoms with Crippen LogP contribution in [0.5, 0.6) is 0 Å². The van der Waals surface area contributed by atoms with Gasteiger partial charge in [-0.05, 0) is 6.42 Å². The number of allylic oxidation sites excluding steroid dienone is 1. The van der Waals surface area contributed by atoms with E-state index in [9.17, 15) is 4.79 Å². The molecule has 3 nitrogen and oxygen atoms in total. The molecule has 1 saturated heterocycles. The number of ether oxygens (including phenoxy) is 1. The molecule has 0 radical (unpaired) electrons. The molecule has 62 valence electrons. The molecule has 1 amide bonds. The van der Waals surface area contributed by atoms with Crippen molar-refractivity contribution in [2.24, 2.45) is 0 Å². The molecule has 1 heterocycles. The molecule has 3 heteroatoms. The van der Waals surface area contributed by atoms with Gasteiger partial charge in [-0.3, -0.25) is 0 Å². The van der Waals surface area contributed by atoms with E-state index in [0.717, 1.165) is 6.42 Å². The van der Waals surface area contributed by atoms with Crippen LogP contribution in [0.15, 0.2) is 12.2 Å². The summed E-state index contributed by atoms with van der Waals surface area (Å²) in [5.74, 6) is 0. The van der Waals surface area contributed by atoms with Crippen LogP contribution in [-0.4, -0.2) is 30.7 Å². The number of carbonyl (C=O) groups excluding carboxylic acids is 1. The van der Waals surface area contributed by atoms with Crippen LogP contribution in [0, 0.1) is 0 Å². The van der Waals surface area contributed by atoms with E-state index in [1.54, 1.807) is 11.9 Å². The minimum atomic E-state index is -0.226. The first-order valence-electron chi connectivity index (χ1n) is 3.82. The van der Waals surface area contributed by atoms with Gasteiger partial charge in [0.1, 0.15) is 6.61 Å². The molecule has 0 aromatic rings. The lowest BCUT2D eigenvalue weighted by molar-refractivity contribution is 0.163. The van der Waals surface area contributed by atoms with Crippen LogP contribution in [0.4, 0.5) is 4.79 Å². The van der Waals surface area contributed by atoms with Crippen molar-refractivity contribution in [3.63, 3.8) is 0 Å². The summed E-state index contributed by atoms with van der Waals surface area (Å²) in [5, 5.41) is 0. The van der Waals surface area contributed by atoms with Gasteiger partial charge >= 0.3 is 6.09 Å². The molecule has 0 spiro atoms. The van der Waals surface area contributed by atoms with Crippen molar-refractivity contribution < 1.29 is 9.53 Å². The van der Waals surface area contributed by atoms with Gasteiger partial charge in [0.05, 0.1) is 6.04 Å². The summed E-state index contributed by atoms with van der Waals surface area (Å²) >= 11 is 0. The van der Waals surface area contributed by atoms with Gasteiger partial charge in [-0.2, -0.15) is 0 Å². The van der Waals surface area contributed by atoms with E-state index in [1.807, 2.05) is 12.2 Å². The topological polar surface area (TPSA) is 29.5 Å². The van der Waals surface area contributed by atoms with Gasteiger partial charge in [0.15, 0.2) is 0 Å². The summed E-state index contributed by atoms with van der Waals surface area (Å²) in [6, 6.07) is 0.141. The highest BCUT2D eigenvalue weighted by molar-refractivity contribution is 5.70. The van der Waals surface area contributed by atoms with Crippen LogP contribution in [-0.2, 0) is 4.74 Å². The van der Waals surface area contributed by atoms with Gasteiger partial charge in [0.25, 0.3) is 0 Å². The predicted molar refractivity (Wildman–Crippen MR) is 42.3 cm³/mol. The van der Waals surface area contributed by atoms with Gasteiger partial charge in [0, 0.05) is 7.05 Å². The third kappa shape index (κ3) is 1.73. The number of nitrogens with zero attached hydrogens (tertiary/aromatic N) is 1. The van der Waals surface area contributed by atoms with Crippen LogP contribution in [0.3, 0.4) is 0 Å². The van der Waals surface area contributed by atoms with E-state index in [2.05, 4.69) is 6.92 Å². The summed E-state index contributed by atoms with van der Waals surface area (Å²) in [6.45, 7) is 2.56. The molecule has 1 fully saturated rings. The van der Waals surface area contributed by atoms with Crippen molar-refractivity contribution in [1.82, 2.24) is 4.90 Å². The Morgan fingerprint density at radius 1 is 1.82 bits per heavy atom. The number of hydrogen-bond donors (Lipinski definition) is 0. The summed E-state index contributed by atoms with van der Waals surface area (Å²) in [6.07, 6.45) is 4.82. The number of hydrogen-bond acceptors (Lipinski definition) is 2. The molecule has 11 heavy (non-hydrogen) atoms. The van der Waals surface area contributed by atoms with E-state index in [4.69, 9.17) is 4.74 Å². The van der Waals surface area contributed by atoms with E-state index in [-0.39, 0.29) is 12.1 Å². The summed E-state index contributed by atoms with van der Waals surface area (Å²) in [7, 11) is 1.75. The Balaban J connectivity index is 2.48. The van der Waals surface area contributed by atoms with Gasteiger partial charge in [-0.25, -0.2) is 4.79 Å². The van der Waals surface area contributed by atoms with E-state index >= 15 is 0 Å². The third-order valence-corrected chi connectivity index (χ3v) is 1.76. The molecule has 0 aromatic carbocycles. The molecular weight excluding hydrogens is 142 g/mol. The van der Waals surface area contributed by atoms with E-state index in [1.165, 1.54) is 0 Å². The molecular formula is C8H13NO2. The number of amides is 1. The van der Waals surface area contributed by atoms with Crippen molar-refractivity contribution in [2.45, 2.75) is 19.4 Å². The number of carbonyl (C=O) groups is 1. The largest absolute Gasteiger partial charge is 0.447 e. The monoisotopic (exact) mass is 155 g/mol. The van der Waals surface area contributed by atoms with E-state index < -0.39 is 0 Å². The van der Waals surface area contributed by atoms with Gasteiger partial charge in [0.2, 0.25) is 0 Å². The zero-order chi connectivity index (χ0) is 8.27. The number of rotatable bonds is 2. The Morgan fingerprint density at radius 2 is 2.55 bits per heavy atom. The second-order valence-electron chi connectivity index (χ2n) is 2.59. The fraction of sp³-hybridized carbons (Fsp3) is 0.625. The smallest absolute Gasteiger partial charge is 0.410 e. The maximum atomic E-state index is 10.8. The minimum Gasteiger partial charge on any atom is -0.447 e. The van der Waals surface area contributed by atoms with Crippen LogP contribution in [0.25, 0.3) is 0 Å². The molecule has 1 unspecified atom stereocenters. The second-order valence-corrected chi connectivity index (χ2v) is 2.59. The lowest BCUT2D eigenvalue weighted by Gasteiger charge is -2.10. The standard InChI is InChI=1S/C8H13NO2/c1-3-4-5-7-6-11-8(10)9(7)2/h4-5,7H,3,6H2,1-2H3/b5-4+. The zero-order valence-corrected chi connectivity index (χ0v) is 6.91. The highest BCUT2D eigenvalue weighted by Crippen LogP contribution is 2.10. The van der Waals surface area contributed by atoms with E-state index in [0.29, 0.717) is 6.61 Å². The average Bonchev–Trinajstić information content (AvgIpc) is 2.31. The maximum absolute atomic E-state index is 10.8. The molecule has 1 atom stereocenters. The number of cyclic esters (lactones) is 1. The third-order valence-electron chi connectivity index (χ3n) is 1.76. The normalized spacial score (nSPS) is 24.7. The first-order valence-corrected chi connectivity index (χ1v) is 3.82. The van der Waals surface area contributed by atoms with Crippen molar-refractivity contribution in [2.75, 3.05) is 13.7 Å². The molecule has 0 N–H and O–H groups in total. The second kappa shape index (κ2) is 3.42. The molecule has 1 aliphatic heterocycles. The maximum Gasteiger partial charge on any atom is 0.410 e. The highest BCUT2D eigenvalue weighted by Gasteiger charge is 2.26. The first-order chi connectivity index (χ1) is 5.25. The van der Waals surface area contributed by atoms with Gasteiger partial charge in [-0.15, -0.1) is 0 Å². The first kappa shape index (κ1) is 8.11. The molecule has 0 bridgehead atoms. The summed E-state index contributed by atoms with van der Waals surface area (Å²) in [4.78, 5) is 12.4. The lowest BCUT2D eigenvalue weighted by atomic mass is 10.2. The van der Waals surface area contributed by atoms with Crippen LogP contribution in [0.2, 0.25) is 0 Å². The van der Waals surface area contributed by atoms with Crippen molar-refractivity contribution in [3.8, 4) is 0 Å². The quantitative estimate of drug-likeness (QED) is 0.564. The summed E-state index contributed by atoms with van der Waals surface area (Å²) in [5.41, 5.74) is 0. The van der Waals surface area contributed by atoms with Crippen molar-refractivity contribution in [3.05, 3.63) is 12.2 Å².